The zero-order chi connectivity index (χ0) is 43.0. The van der Waals surface area contributed by atoms with Crippen LogP contribution in [-0.4, -0.2) is 114 Å². The van der Waals surface area contributed by atoms with E-state index in [1.54, 1.807) is 31.7 Å². The number of rotatable bonds is 12. The van der Waals surface area contributed by atoms with Gasteiger partial charge in [-0.15, -0.1) is 0 Å². The van der Waals surface area contributed by atoms with E-state index in [0.717, 1.165) is 50.4 Å². The van der Waals surface area contributed by atoms with Crippen LogP contribution in [0.15, 0.2) is 36.4 Å². The van der Waals surface area contributed by atoms with Gasteiger partial charge in [-0.25, -0.2) is 4.79 Å². The molecule has 2 fully saturated rings. The SMILES string of the molecule is CC(C)(C)OC(=O)N1CCN(Cc2cc(OCC(C)(C)C(=O)O)cc(C(F)(F)F)c2)CC1.CC(C)(COc1cc(CN2CCNCC2)cc(C(F)(F)F)c1)C(=O)O. The van der Waals surface area contributed by atoms with Gasteiger partial charge in [0.15, 0.2) is 0 Å². The second-order valence-corrected chi connectivity index (χ2v) is 16.5. The number of nitrogens with one attached hydrogen (secondary N) is 1. The molecule has 2 saturated heterocycles. The summed E-state index contributed by atoms with van der Waals surface area (Å²) in [4.78, 5) is 40.1. The van der Waals surface area contributed by atoms with Gasteiger partial charge in [0.25, 0.3) is 0 Å². The Hall–Kier alpha value is -4.29. The van der Waals surface area contributed by atoms with E-state index in [2.05, 4.69) is 10.2 Å². The van der Waals surface area contributed by atoms with Gasteiger partial charge in [-0.1, -0.05) is 0 Å². The molecule has 0 spiro atoms. The first-order valence-corrected chi connectivity index (χ1v) is 18.4. The lowest BCUT2D eigenvalue weighted by Gasteiger charge is -2.35. The minimum absolute atomic E-state index is 0.0310. The summed E-state index contributed by atoms with van der Waals surface area (Å²) in [7, 11) is 0. The van der Waals surface area contributed by atoms with Crippen LogP contribution in [0.25, 0.3) is 0 Å². The van der Waals surface area contributed by atoms with Gasteiger partial charge in [0.2, 0.25) is 0 Å². The maximum Gasteiger partial charge on any atom is 0.416 e. The monoisotopic (exact) mass is 820 g/mol. The summed E-state index contributed by atoms with van der Waals surface area (Å²) in [5.41, 5.74) is -3.78. The molecule has 2 heterocycles. The van der Waals surface area contributed by atoms with Crippen LogP contribution in [0.4, 0.5) is 31.1 Å². The predicted molar refractivity (Wildman–Crippen MR) is 198 cm³/mol. The van der Waals surface area contributed by atoms with Crippen LogP contribution in [0.1, 0.15) is 70.7 Å². The number of nitrogens with zero attached hydrogens (tertiary/aromatic N) is 3. The molecule has 0 aromatic heterocycles. The molecule has 2 aliphatic rings. The highest BCUT2D eigenvalue weighted by Crippen LogP contribution is 2.35. The van der Waals surface area contributed by atoms with Gasteiger partial charge in [0.05, 0.1) is 22.0 Å². The number of carboxylic acid groups (broad SMARTS) is 2. The summed E-state index contributed by atoms with van der Waals surface area (Å²) >= 11 is 0. The Labute approximate surface area is 329 Å². The van der Waals surface area contributed by atoms with Gasteiger partial charge in [0.1, 0.15) is 30.3 Å². The zero-order valence-electron chi connectivity index (χ0n) is 33.4. The van der Waals surface area contributed by atoms with E-state index >= 15 is 0 Å². The first-order valence-electron chi connectivity index (χ1n) is 18.4. The molecule has 320 valence electrons. The molecule has 0 unspecified atom stereocenters. The van der Waals surface area contributed by atoms with Crippen LogP contribution in [0, 0.1) is 10.8 Å². The number of carbonyl (C=O) groups is 3. The fraction of sp³-hybridized carbons (Fsp3) is 0.615. The third kappa shape index (κ3) is 15.5. The average molecular weight is 821 g/mol. The summed E-state index contributed by atoms with van der Waals surface area (Å²) in [6.07, 6.45) is -9.46. The summed E-state index contributed by atoms with van der Waals surface area (Å²) in [6, 6.07) is 7.02. The zero-order valence-corrected chi connectivity index (χ0v) is 33.4. The summed E-state index contributed by atoms with van der Waals surface area (Å²) in [6.45, 7) is 16.2. The molecule has 2 aromatic rings. The fourth-order valence-electron chi connectivity index (χ4n) is 5.45. The van der Waals surface area contributed by atoms with Crippen molar-refractivity contribution in [1.29, 1.82) is 0 Å². The Morgan fingerprint density at radius 2 is 1.00 bits per heavy atom. The van der Waals surface area contributed by atoms with Gasteiger partial charge in [-0.3, -0.25) is 19.4 Å². The number of benzene rings is 2. The molecule has 1 amide bonds. The van der Waals surface area contributed by atoms with Crippen molar-refractivity contribution in [3.05, 3.63) is 58.7 Å². The highest BCUT2D eigenvalue weighted by atomic mass is 19.4. The molecular weight excluding hydrogens is 766 g/mol. The molecule has 3 N–H and O–H groups in total. The van der Waals surface area contributed by atoms with Crippen molar-refractivity contribution in [1.82, 2.24) is 20.0 Å². The normalized spacial score (nSPS) is 16.3. The number of amides is 1. The quantitative estimate of drug-likeness (QED) is 0.194. The Kier molecular flexibility index (Phi) is 15.7. The lowest BCUT2D eigenvalue weighted by Crippen LogP contribution is -2.49. The molecule has 0 saturated carbocycles. The van der Waals surface area contributed by atoms with E-state index in [1.807, 2.05) is 4.90 Å². The molecule has 2 aromatic carbocycles. The van der Waals surface area contributed by atoms with E-state index in [9.17, 15) is 45.8 Å². The Morgan fingerprint density at radius 3 is 1.35 bits per heavy atom. The number of carboxylic acids is 2. The summed E-state index contributed by atoms with van der Waals surface area (Å²) in [5, 5.41) is 21.5. The van der Waals surface area contributed by atoms with E-state index < -0.39 is 57.9 Å². The van der Waals surface area contributed by atoms with Crippen LogP contribution in [-0.2, 0) is 39.8 Å². The molecular formula is C39H54F6N4O8. The van der Waals surface area contributed by atoms with Gasteiger partial charge in [-0.05, 0) is 96.0 Å². The van der Waals surface area contributed by atoms with Gasteiger partial charge >= 0.3 is 30.4 Å². The third-order valence-corrected chi connectivity index (χ3v) is 8.99. The number of hydrogen-bond donors (Lipinski definition) is 3. The smallest absolute Gasteiger partial charge is 0.416 e. The summed E-state index contributed by atoms with van der Waals surface area (Å²) in [5.74, 6) is -2.17. The molecule has 57 heavy (non-hydrogen) atoms. The molecule has 0 atom stereocenters. The molecule has 18 heteroatoms. The third-order valence-electron chi connectivity index (χ3n) is 8.99. The van der Waals surface area contributed by atoms with Crippen molar-refractivity contribution in [3.63, 3.8) is 0 Å². The van der Waals surface area contributed by atoms with Crippen molar-refractivity contribution in [3.8, 4) is 11.5 Å². The maximum atomic E-state index is 13.4. The predicted octanol–water partition coefficient (Wildman–Crippen LogP) is 6.85. The summed E-state index contributed by atoms with van der Waals surface area (Å²) < 4.78 is 95.8. The Morgan fingerprint density at radius 1 is 0.614 bits per heavy atom. The van der Waals surface area contributed by atoms with Gasteiger partial charge in [0, 0.05) is 65.4 Å². The highest BCUT2D eigenvalue weighted by Gasteiger charge is 2.35. The second-order valence-electron chi connectivity index (χ2n) is 16.5. The lowest BCUT2D eigenvalue weighted by molar-refractivity contribution is -0.149. The van der Waals surface area contributed by atoms with Crippen LogP contribution in [0.5, 0.6) is 11.5 Å². The van der Waals surface area contributed by atoms with E-state index in [0.29, 0.717) is 43.9 Å². The minimum atomic E-state index is -4.56. The van der Waals surface area contributed by atoms with E-state index in [-0.39, 0.29) is 31.3 Å². The average Bonchev–Trinajstić information content (AvgIpc) is 3.09. The Bertz CT molecular complexity index is 1680. The maximum absolute atomic E-state index is 13.4. The van der Waals surface area contributed by atoms with Crippen molar-refractivity contribution < 1.29 is 65.1 Å². The Balaban J connectivity index is 0.000000315. The first-order chi connectivity index (χ1) is 26.1. The van der Waals surface area contributed by atoms with Crippen LogP contribution in [0.3, 0.4) is 0 Å². The number of ether oxygens (including phenoxy) is 3. The number of alkyl halides is 6. The first kappa shape index (κ1) is 47.1. The molecule has 0 radical (unpaired) electrons. The van der Waals surface area contributed by atoms with E-state index in [4.69, 9.17) is 19.3 Å². The van der Waals surface area contributed by atoms with Crippen LogP contribution in [0.2, 0.25) is 0 Å². The highest BCUT2D eigenvalue weighted by molar-refractivity contribution is 5.74. The minimum Gasteiger partial charge on any atom is -0.492 e. The number of piperazine rings is 2. The number of aliphatic carboxylic acids is 2. The molecule has 0 bridgehead atoms. The van der Waals surface area contributed by atoms with Crippen molar-refractivity contribution in [2.45, 2.75) is 79.5 Å². The van der Waals surface area contributed by atoms with E-state index in [1.165, 1.54) is 33.8 Å². The topological polar surface area (TPSA) is 141 Å². The van der Waals surface area contributed by atoms with Crippen molar-refractivity contribution in [2.75, 3.05) is 65.6 Å². The standard InChI is InChI=1S/C22H31F3N2O5.C17H23F3N2O3/c1-20(2,3)32-19(30)27-8-6-26(7-9-27)13-15-10-16(22(23,24)25)12-17(11-15)31-14-21(4,5)18(28)29;1-16(2,15(23)24)11-25-14-8-12(7-13(9-14)17(18,19)20)10-22-5-3-21-4-6-22/h10-12H,6-9,13-14H2,1-5H3,(H,28,29);7-9,21H,3-6,10-11H2,1-2H3,(H,23,24). The van der Waals surface area contributed by atoms with Crippen molar-refractivity contribution >= 4 is 18.0 Å². The van der Waals surface area contributed by atoms with Gasteiger partial charge < -0.3 is 34.6 Å². The molecule has 12 nitrogen and oxygen atoms in total. The van der Waals surface area contributed by atoms with Crippen LogP contribution < -0.4 is 14.8 Å². The lowest BCUT2D eigenvalue weighted by atomic mass is 9.95. The number of halogens is 6. The van der Waals surface area contributed by atoms with Crippen molar-refractivity contribution in [2.24, 2.45) is 10.8 Å². The molecule has 2 aliphatic heterocycles. The number of hydrogen-bond acceptors (Lipinski definition) is 9. The van der Waals surface area contributed by atoms with Crippen LogP contribution >= 0.6 is 0 Å². The fourth-order valence-corrected chi connectivity index (χ4v) is 5.45. The van der Waals surface area contributed by atoms with Gasteiger partial charge in [-0.2, -0.15) is 26.3 Å². The largest absolute Gasteiger partial charge is 0.492 e. The molecule has 4 rings (SSSR count). The number of carbonyl (C=O) groups excluding carboxylic acids is 1. The second kappa shape index (κ2) is 19.0. The molecule has 0 aliphatic carbocycles.